The molecule has 3 unspecified atom stereocenters. The summed E-state index contributed by atoms with van der Waals surface area (Å²) in [6, 6.07) is 11.8. The molecule has 178 valence electrons. The lowest BCUT2D eigenvalue weighted by atomic mass is 9.97. The number of piperidine rings is 1. The van der Waals surface area contributed by atoms with Crippen LogP contribution >= 0.6 is 0 Å². The fourth-order valence-electron chi connectivity index (χ4n) is 4.27. The van der Waals surface area contributed by atoms with Crippen LogP contribution in [-0.4, -0.2) is 46.3 Å². The maximum atomic E-state index is 13.3. The number of alkyl halides is 3. The van der Waals surface area contributed by atoms with Crippen molar-refractivity contribution in [2.75, 3.05) is 13.1 Å². The number of hydrogen-bond acceptors (Lipinski definition) is 6. The van der Waals surface area contributed by atoms with Crippen molar-refractivity contribution < 1.29 is 31.9 Å². The Morgan fingerprint density at radius 2 is 1.74 bits per heavy atom. The lowest BCUT2D eigenvalue weighted by Crippen LogP contribution is -2.52. The smallest absolute Gasteiger partial charge is 0.416 e. The Kier molecular flexibility index (Phi) is 5.66. The van der Waals surface area contributed by atoms with Gasteiger partial charge in [-0.1, -0.05) is 12.1 Å². The molecule has 34 heavy (non-hydrogen) atoms. The second kappa shape index (κ2) is 8.66. The predicted octanol–water partition coefficient (Wildman–Crippen LogP) is 4.69. The Morgan fingerprint density at radius 1 is 1.03 bits per heavy atom. The topological polar surface area (TPSA) is 77.7 Å². The maximum absolute atomic E-state index is 13.3. The van der Waals surface area contributed by atoms with E-state index in [1.165, 1.54) is 12.1 Å². The van der Waals surface area contributed by atoms with Gasteiger partial charge in [-0.3, -0.25) is 4.79 Å². The van der Waals surface area contributed by atoms with Crippen LogP contribution in [0.5, 0.6) is 11.5 Å². The zero-order valence-electron chi connectivity index (χ0n) is 18.3. The molecule has 0 saturated carbocycles. The van der Waals surface area contributed by atoms with Gasteiger partial charge in [0.2, 0.25) is 17.9 Å². The fraction of sp³-hybridized carbons (Fsp3) is 0.375. The third kappa shape index (κ3) is 4.32. The Hall–Kier alpha value is -3.56. The van der Waals surface area contributed by atoms with Gasteiger partial charge in [0.05, 0.1) is 11.5 Å². The Balaban J connectivity index is 1.28. The van der Waals surface area contributed by atoms with Crippen molar-refractivity contribution in [3.05, 3.63) is 60.0 Å². The molecule has 0 bridgehead atoms. The van der Waals surface area contributed by atoms with E-state index < -0.39 is 23.9 Å². The largest absolute Gasteiger partial charge is 0.482 e. The van der Waals surface area contributed by atoms with Crippen molar-refractivity contribution in [3.8, 4) is 23.0 Å². The number of benzene rings is 2. The van der Waals surface area contributed by atoms with E-state index in [0.29, 0.717) is 36.0 Å². The van der Waals surface area contributed by atoms with E-state index in [4.69, 9.17) is 13.9 Å². The van der Waals surface area contributed by atoms with Gasteiger partial charge in [-0.15, -0.1) is 10.2 Å². The molecule has 7 nitrogen and oxygen atoms in total. The van der Waals surface area contributed by atoms with E-state index in [0.717, 1.165) is 25.0 Å². The molecular weight excluding hydrogens is 451 g/mol. The standard InChI is InChI=1S/C24H22F3N3O4/c1-14-20(33-19-7-3-2-6-18(19)32-14)23(31)30-12-4-5-16(13-30)22-29-28-21(34-22)15-8-10-17(11-9-15)24(25,26)27/h2-3,6-11,14,16,20H,4-5,12-13H2,1H3. The molecule has 2 aliphatic rings. The van der Waals surface area contributed by atoms with Crippen molar-refractivity contribution in [1.82, 2.24) is 15.1 Å². The molecule has 1 aromatic heterocycles. The number of carbonyl (C=O) groups is 1. The van der Waals surface area contributed by atoms with Crippen LogP contribution in [-0.2, 0) is 11.0 Å². The highest BCUT2D eigenvalue weighted by atomic mass is 19.4. The third-order valence-electron chi connectivity index (χ3n) is 6.07. The first-order chi connectivity index (χ1) is 16.3. The summed E-state index contributed by atoms with van der Waals surface area (Å²) >= 11 is 0. The number of likely N-dealkylation sites (tertiary alicyclic amines) is 1. The van der Waals surface area contributed by atoms with E-state index in [1.807, 2.05) is 12.1 Å². The zero-order chi connectivity index (χ0) is 23.9. The number of rotatable bonds is 3. The minimum atomic E-state index is -4.41. The highest BCUT2D eigenvalue weighted by Gasteiger charge is 2.39. The minimum Gasteiger partial charge on any atom is -0.482 e. The van der Waals surface area contributed by atoms with Crippen LogP contribution < -0.4 is 9.47 Å². The lowest BCUT2D eigenvalue weighted by Gasteiger charge is -2.37. The van der Waals surface area contributed by atoms with Crippen LogP contribution in [0.4, 0.5) is 13.2 Å². The van der Waals surface area contributed by atoms with Gasteiger partial charge in [0.15, 0.2) is 11.5 Å². The Morgan fingerprint density at radius 3 is 2.44 bits per heavy atom. The van der Waals surface area contributed by atoms with Crippen molar-refractivity contribution in [1.29, 1.82) is 0 Å². The summed E-state index contributed by atoms with van der Waals surface area (Å²) in [5, 5.41) is 8.11. The first-order valence-corrected chi connectivity index (χ1v) is 11.0. The van der Waals surface area contributed by atoms with Crippen LogP contribution in [0, 0.1) is 0 Å². The SMILES string of the molecule is CC1Oc2ccccc2OC1C(=O)N1CCCC(c2nnc(-c3ccc(C(F)(F)F)cc3)o2)C1. The van der Waals surface area contributed by atoms with Crippen LogP contribution in [0.15, 0.2) is 52.9 Å². The molecule has 2 aromatic carbocycles. The second-order valence-corrected chi connectivity index (χ2v) is 8.45. The zero-order valence-corrected chi connectivity index (χ0v) is 18.3. The quantitative estimate of drug-likeness (QED) is 0.549. The van der Waals surface area contributed by atoms with Crippen molar-refractivity contribution in [3.63, 3.8) is 0 Å². The van der Waals surface area contributed by atoms with Crippen LogP contribution in [0.2, 0.25) is 0 Å². The van der Waals surface area contributed by atoms with Crippen LogP contribution in [0.1, 0.15) is 37.1 Å². The first kappa shape index (κ1) is 22.2. The monoisotopic (exact) mass is 473 g/mol. The number of fused-ring (bicyclic) bond motifs is 1. The molecule has 10 heteroatoms. The molecule has 1 fully saturated rings. The van der Waals surface area contributed by atoms with Crippen molar-refractivity contribution in [2.45, 2.75) is 44.1 Å². The number of para-hydroxylation sites is 2. The normalized spacial score (nSPS) is 22.5. The van der Waals surface area contributed by atoms with Gasteiger partial charge < -0.3 is 18.8 Å². The minimum absolute atomic E-state index is 0.140. The van der Waals surface area contributed by atoms with Gasteiger partial charge in [0.1, 0.15) is 6.10 Å². The number of ether oxygens (including phenoxy) is 2. The molecule has 0 aliphatic carbocycles. The van der Waals surface area contributed by atoms with E-state index in [9.17, 15) is 18.0 Å². The molecule has 2 aliphatic heterocycles. The summed E-state index contributed by atoms with van der Waals surface area (Å²) in [6.45, 7) is 2.75. The molecule has 1 saturated heterocycles. The summed E-state index contributed by atoms with van der Waals surface area (Å²) in [7, 11) is 0. The molecule has 0 radical (unpaired) electrons. The summed E-state index contributed by atoms with van der Waals surface area (Å²) in [5.74, 6) is 1.28. The highest BCUT2D eigenvalue weighted by molar-refractivity contribution is 5.82. The van der Waals surface area contributed by atoms with Crippen LogP contribution in [0.25, 0.3) is 11.5 Å². The molecule has 3 heterocycles. The van der Waals surface area contributed by atoms with Crippen LogP contribution in [0.3, 0.4) is 0 Å². The van der Waals surface area contributed by atoms with E-state index in [-0.39, 0.29) is 17.7 Å². The average Bonchev–Trinajstić information content (AvgIpc) is 3.33. The van der Waals surface area contributed by atoms with Gasteiger partial charge in [0.25, 0.3) is 5.91 Å². The van der Waals surface area contributed by atoms with Gasteiger partial charge >= 0.3 is 6.18 Å². The van der Waals surface area contributed by atoms with E-state index >= 15 is 0 Å². The third-order valence-corrected chi connectivity index (χ3v) is 6.07. The molecule has 0 spiro atoms. The fourth-order valence-corrected chi connectivity index (χ4v) is 4.27. The number of hydrogen-bond donors (Lipinski definition) is 0. The number of nitrogens with zero attached hydrogens (tertiary/aromatic N) is 3. The van der Waals surface area contributed by atoms with Gasteiger partial charge in [0, 0.05) is 18.7 Å². The molecule has 0 N–H and O–H groups in total. The van der Waals surface area contributed by atoms with E-state index in [2.05, 4.69) is 10.2 Å². The van der Waals surface area contributed by atoms with Gasteiger partial charge in [-0.25, -0.2) is 0 Å². The predicted molar refractivity (Wildman–Crippen MR) is 114 cm³/mol. The number of carbonyl (C=O) groups excluding carboxylic acids is 1. The highest BCUT2D eigenvalue weighted by Crippen LogP contribution is 2.35. The average molecular weight is 473 g/mol. The molecule has 1 amide bonds. The molecular formula is C24H22F3N3O4. The second-order valence-electron chi connectivity index (χ2n) is 8.45. The van der Waals surface area contributed by atoms with Crippen molar-refractivity contribution >= 4 is 5.91 Å². The van der Waals surface area contributed by atoms with Gasteiger partial charge in [-0.05, 0) is 56.2 Å². The molecule has 5 rings (SSSR count). The number of halogens is 3. The van der Waals surface area contributed by atoms with Gasteiger partial charge in [-0.2, -0.15) is 13.2 Å². The molecule has 3 aromatic rings. The Bertz CT molecular complexity index is 1180. The summed E-state index contributed by atoms with van der Waals surface area (Å²) in [4.78, 5) is 15.0. The summed E-state index contributed by atoms with van der Waals surface area (Å²) in [6.07, 6.45) is -4.13. The summed E-state index contributed by atoms with van der Waals surface area (Å²) < 4.78 is 56.0. The van der Waals surface area contributed by atoms with Crippen molar-refractivity contribution in [2.24, 2.45) is 0 Å². The number of amides is 1. The number of aromatic nitrogens is 2. The Labute approximate surface area is 193 Å². The lowest BCUT2D eigenvalue weighted by molar-refractivity contribution is -0.145. The van der Waals surface area contributed by atoms with E-state index in [1.54, 1.807) is 24.0 Å². The summed E-state index contributed by atoms with van der Waals surface area (Å²) in [5.41, 5.74) is -0.348. The maximum Gasteiger partial charge on any atom is 0.416 e. The first-order valence-electron chi connectivity index (χ1n) is 11.0. The molecule has 3 atom stereocenters.